The number of alkyl halides is 3. The molecule has 13 heteroatoms. The third-order valence-corrected chi connectivity index (χ3v) is 7.30. The van der Waals surface area contributed by atoms with Gasteiger partial charge in [0.15, 0.2) is 0 Å². The van der Waals surface area contributed by atoms with Crippen molar-refractivity contribution >= 4 is 56.4 Å². The zero-order chi connectivity index (χ0) is 25.2. The number of carbonyl (C=O) groups excluding carboxylic acids is 3. The van der Waals surface area contributed by atoms with Gasteiger partial charge in [-0.1, -0.05) is 0 Å². The zero-order valence-corrected chi connectivity index (χ0v) is 20.6. The number of halogens is 4. The first-order valence-corrected chi connectivity index (χ1v) is 12.3. The van der Waals surface area contributed by atoms with Crippen molar-refractivity contribution in [2.24, 2.45) is 0 Å². The van der Waals surface area contributed by atoms with Crippen LogP contribution in [0.4, 0.5) is 24.5 Å². The predicted octanol–water partition coefficient (Wildman–Crippen LogP) is 3.81. The van der Waals surface area contributed by atoms with Gasteiger partial charge in [-0.25, -0.2) is 0 Å². The number of ether oxygens (including phenoxy) is 2. The molecule has 2 fully saturated rings. The van der Waals surface area contributed by atoms with Gasteiger partial charge in [0.05, 0.1) is 46.2 Å². The number of amides is 3. The fraction of sp³-hybridized carbons (Fsp3) is 0.409. The topological polar surface area (TPSA) is 97.0 Å². The molecule has 1 atom stereocenters. The average Bonchev–Trinajstić information content (AvgIpc) is 3.40. The molecule has 0 aliphatic carbocycles. The summed E-state index contributed by atoms with van der Waals surface area (Å²) in [4.78, 5) is 39.6. The summed E-state index contributed by atoms with van der Waals surface area (Å²) in [5.41, 5.74) is -2.93. The van der Waals surface area contributed by atoms with Gasteiger partial charge in [-0.05, 0) is 46.3 Å². The lowest BCUT2D eigenvalue weighted by atomic mass is 9.96. The standard InChI is InChI=1S/C22H21BrF3N3O5S/c23-17-4-3-16(35-17)19(31)28-21(6-9-34-12-21)20(32)27-13-1-2-15(14(11-13)22(24,25)26)29-7-10-33-8-5-18(29)30/h1-4,11H,5-10,12H2,(H,27,32)(H,28,31). The van der Waals surface area contributed by atoms with E-state index in [9.17, 15) is 27.6 Å². The highest BCUT2D eigenvalue weighted by Crippen LogP contribution is 2.39. The predicted molar refractivity (Wildman–Crippen MR) is 126 cm³/mol. The smallest absolute Gasteiger partial charge is 0.379 e. The number of thiophene rings is 1. The molecule has 188 valence electrons. The molecule has 1 aromatic heterocycles. The van der Waals surface area contributed by atoms with Gasteiger partial charge in [-0.15, -0.1) is 11.3 Å². The van der Waals surface area contributed by atoms with Crippen molar-refractivity contribution in [3.05, 3.63) is 44.6 Å². The molecule has 0 bridgehead atoms. The van der Waals surface area contributed by atoms with E-state index >= 15 is 0 Å². The van der Waals surface area contributed by atoms with Crippen molar-refractivity contribution in [3.63, 3.8) is 0 Å². The summed E-state index contributed by atoms with van der Waals surface area (Å²) in [6.45, 7) is 0.323. The van der Waals surface area contributed by atoms with Crippen LogP contribution >= 0.6 is 27.3 Å². The van der Waals surface area contributed by atoms with E-state index in [-0.39, 0.29) is 57.2 Å². The number of hydrogen-bond acceptors (Lipinski definition) is 6. The van der Waals surface area contributed by atoms with E-state index in [2.05, 4.69) is 26.6 Å². The Kier molecular flexibility index (Phi) is 7.50. The highest BCUT2D eigenvalue weighted by molar-refractivity contribution is 9.11. The Labute approximate surface area is 210 Å². The summed E-state index contributed by atoms with van der Waals surface area (Å²) in [7, 11) is 0. The van der Waals surface area contributed by atoms with Crippen LogP contribution in [-0.4, -0.2) is 56.2 Å². The molecule has 0 spiro atoms. The summed E-state index contributed by atoms with van der Waals surface area (Å²) < 4.78 is 53.1. The minimum Gasteiger partial charge on any atom is -0.379 e. The number of rotatable bonds is 5. The van der Waals surface area contributed by atoms with Crippen LogP contribution in [0.15, 0.2) is 34.1 Å². The second kappa shape index (κ2) is 10.2. The normalized spacial score (nSPS) is 21.0. The first kappa shape index (κ1) is 25.6. The number of benzene rings is 1. The molecule has 1 aromatic carbocycles. The summed E-state index contributed by atoms with van der Waals surface area (Å²) in [6, 6.07) is 6.52. The molecule has 3 amide bonds. The number of hydrogen-bond donors (Lipinski definition) is 2. The van der Waals surface area contributed by atoms with Crippen LogP contribution in [0.5, 0.6) is 0 Å². The van der Waals surface area contributed by atoms with Crippen LogP contribution in [0.1, 0.15) is 28.1 Å². The Morgan fingerprint density at radius 1 is 1.11 bits per heavy atom. The quantitative estimate of drug-likeness (QED) is 0.565. The Bertz CT molecular complexity index is 1130. The van der Waals surface area contributed by atoms with Crippen molar-refractivity contribution in [3.8, 4) is 0 Å². The number of nitrogens with one attached hydrogen (secondary N) is 2. The van der Waals surface area contributed by atoms with E-state index in [0.29, 0.717) is 4.88 Å². The summed E-state index contributed by atoms with van der Waals surface area (Å²) in [6.07, 6.45) is -4.65. The maximum Gasteiger partial charge on any atom is 0.418 e. The van der Waals surface area contributed by atoms with Gasteiger partial charge >= 0.3 is 6.18 Å². The molecule has 2 N–H and O–H groups in total. The molecular weight excluding hydrogens is 555 g/mol. The van der Waals surface area contributed by atoms with E-state index in [1.165, 1.54) is 17.4 Å². The molecule has 2 aromatic rings. The minimum absolute atomic E-state index is 0.0149. The fourth-order valence-electron chi connectivity index (χ4n) is 3.87. The molecule has 0 radical (unpaired) electrons. The molecule has 2 aliphatic rings. The molecule has 2 saturated heterocycles. The Morgan fingerprint density at radius 3 is 2.57 bits per heavy atom. The molecule has 2 aliphatic heterocycles. The van der Waals surface area contributed by atoms with E-state index in [0.717, 1.165) is 20.8 Å². The second-order valence-electron chi connectivity index (χ2n) is 8.03. The van der Waals surface area contributed by atoms with Crippen LogP contribution in [0.3, 0.4) is 0 Å². The fourth-order valence-corrected chi connectivity index (χ4v) is 5.15. The van der Waals surface area contributed by atoms with Crippen LogP contribution in [0, 0.1) is 0 Å². The first-order valence-electron chi connectivity index (χ1n) is 10.7. The Hall–Kier alpha value is -2.48. The average molecular weight is 576 g/mol. The maximum absolute atomic E-state index is 13.9. The van der Waals surface area contributed by atoms with Crippen LogP contribution in [-0.2, 0) is 25.2 Å². The summed E-state index contributed by atoms with van der Waals surface area (Å²) >= 11 is 4.46. The largest absolute Gasteiger partial charge is 0.418 e. The highest BCUT2D eigenvalue weighted by atomic mass is 79.9. The molecule has 0 saturated carbocycles. The van der Waals surface area contributed by atoms with E-state index < -0.39 is 35.0 Å². The number of nitrogens with zero attached hydrogens (tertiary/aromatic N) is 1. The number of carbonyl (C=O) groups is 3. The molecular formula is C22H21BrF3N3O5S. The van der Waals surface area contributed by atoms with Gasteiger partial charge in [0, 0.05) is 25.3 Å². The summed E-state index contributed by atoms with van der Waals surface area (Å²) in [5.74, 6) is -1.66. The van der Waals surface area contributed by atoms with Gasteiger partial charge in [-0.3, -0.25) is 14.4 Å². The highest BCUT2D eigenvalue weighted by Gasteiger charge is 2.44. The lowest BCUT2D eigenvalue weighted by Crippen LogP contribution is -2.57. The number of anilines is 2. The van der Waals surface area contributed by atoms with Crippen molar-refractivity contribution in [2.75, 3.05) is 43.2 Å². The van der Waals surface area contributed by atoms with Gasteiger partial charge in [-0.2, -0.15) is 13.2 Å². The molecule has 8 nitrogen and oxygen atoms in total. The summed E-state index contributed by atoms with van der Waals surface area (Å²) in [5, 5.41) is 5.17. The van der Waals surface area contributed by atoms with Gasteiger partial charge in [0.25, 0.3) is 11.8 Å². The van der Waals surface area contributed by atoms with Gasteiger partial charge in [0.2, 0.25) is 5.91 Å². The lowest BCUT2D eigenvalue weighted by molar-refractivity contribution is -0.137. The van der Waals surface area contributed by atoms with E-state index in [1.54, 1.807) is 12.1 Å². The monoisotopic (exact) mass is 575 g/mol. The van der Waals surface area contributed by atoms with Crippen molar-refractivity contribution in [1.29, 1.82) is 0 Å². The third kappa shape index (κ3) is 5.68. The molecule has 4 rings (SSSR count). The lowest BCUT2D eigenvalue weighted by Gasteiger charge is -2.28. The van der Waals surface area contributed by atoms with Crippen LogP contribution in [0.25, 0.3) is 0 Å². The molecule has 1 unspecified atom stereocenters. The van der Waals surface area contributed by atoms with Crippen molar-refractivity contribution < 1.29 is 37.0 Å². The molecule has 35 heavy (non-hydrogen) atoms. The van der Waals surface area contributed by atoms with Crippen molar-refractivity contribution in [1.82, 2.24) is 5.32 Å². The maximum atomic E-state index is 13.9. The zero-order valence-electron chi connectivity index (χ0n) is 18.2. The van der Waals surface area contributed by atoms with Crippen molar-refractivity contribution in [2.45, 2.75) is 24.6 Å². The molecule has 3 heterocycles. The van der Waals surface area contributed by atoms with Gasteiger partial charge < -0.3 is 25.0 Å². The van der Waals surface area contributed by atoms with Gasteiger partial charge in [0.1, 0.15) is 5.54 Å². The van der Waals surface area contributed by atoms with E-state index in [1.807, 2.05) is 0 Å². The van der Waals surface area contributed by atoms with E-state index in [4.69, 9.17) is 9.47 Å². The third-order valence-electron chi connectivity index (χ3n) is 5.68. The van der Waals surface area contributed by atoms with Crippen LogP contribution in [0.2, 0.25) is 0 Å². The first-order chi connectivity index (χ1) is 16.6. The Morgan fingerprint density at radius 2 is 1.91 bits per heavy atom. The minimum atomic E-state index is -4.78. The SMILES string of the molecule is O=C(NC1(C(=O)Nc2ccc(N3CCOCCC3=O)c(C(F)(F)F)c2)CCOC1)c1ccc(Br)s1. The second-order valence-corrected chi connectivity index (χ2v) is 10.5. The Balaban J connectivity index is 1.59. The van der Waals surface area contributed by atoms with Crippen LogP contribution < -0.4 is 15.5 Å².